The van der Waals surface area contributed by atoms with E-state index in [1.54, 1.807) is 56.6 Å². The van der Waals surface area contributed by atoms with Crippen LogP contribution in [-0.2, 0) is 17.8 Å². The van der Waals surface area contributed by atoms with E-state index < -0.39 is 5.97 Å². The topological polar surface area (TPSA) is 112 Å². The lowest BCUT2D eigenvalue weighted by Gasteiger charge is -2.16. The minimum Gasteiger partial charge on any atom is -0.493 e. The van der Waals surface area contributed by atoms with Gasteiger partial charge in [0.25, 0.3) is 5.91 Å². The second kappa shape index (κ2) is 12.2. The second-order valence-corrected chi connectivity index (χ2v) is 9.49. The third-order valence-electron chi connectivity index (χ3n) is 5.89. The summed E-state index contributed by atoms with van der Waals surface area (Å²) in [5.41, 5.74) is 3.57. The number of amides is 1. The molecule has 3 aromatic carbocycles. The minimum absolute atomic E-state index is 0.161. The molecular weight excluding hydrogens is 514 g/mol. The number of aromatic carboxylic acids is 1. The highest BCUT2D eigenvalue weighted by Crippen LogP contribution is 2.38. The Bertz CT molecular complexity index is 1540. The number of rotatable bonds is 9. The summed E-state index contributed by atoms with van der Waals surface area (Å²) in [6.45, 7) is 4.04. The Labute approximate surface area is 230 Å². The van der Waals surface area contributed by atoms with Gasteiger partial charge in [-0.1, -0.05) is 24.3 Å². The summed E-state index contributed by atoms with van der Waals surface area (Å²) in [7, 11) is 3.18. The molecule has 3 aromatic rings. The Balaban J connectivity index is 1.62. The average molecular weight is 540 g/mol. The third kappa shape index (κ3) is 6.20. The third-order valence-corrected chi connectivity index (χ3v) is 6.95. The summed E-state index contributed by atoms with van der Waals surface area (Å²) >= 11 is 1.22. The first-order chi connectivity index (χ1) is 18.8. The molecule has 0 radical (unpaired) electrons. The van der Waals surface area contributed by atoms with Crippen molar-refractivity contribution in [2.75, 3.05) is 14.2 Å². The molecule has 39 heavy (non-hydrogen) atoms. The number of ether oxygens (including phenoxy) is 2. The van der Waals surface area contributed by atoms with E-state index in [4.69, 9.17) is 14.6 Å². The van der Waals surface area contributed by atoms with Crippen LogP contribution in [0.25, 0.3) is 6.08 Å². The molecule has 1 fully saturated rings. The van der Waals surface area contributed by atoms with Crippen molar-refractivity contribution in [3.8, 4) is 17.6 Å². The molecule has 0 saturated carbocycles. The predicted octanol–water partition coefficient (Wildman–Crippen LogP) is 5.81. The Kier molecular flexibility index (Phi) is 8.49. The molecule has 8 nitrogen and oxygen atoms in total. The zero-order chi connectivity index (χ0) is 27.9. The zero-order valence-electron chi connectivity index (χ0n) is 21.4. The number of hydrogen-bond acceptors (Lipinski definition) is 7. The van der Waals surface area contributed by atoms with Gasteiger partial charge in [0.1, 0.15) is 6.61 Å². The molecule has 0 bridgehead atoms. The maximum atomic E-state index is 13.0. The molecule has 9 heteroatoms. The highest BCUT2D eigenvalue weighted by molar-refractivity contribution is 8.18. The number of amidine groups is 1. The lowest BCUT2D eigenvalue weighted by molar-refractivity contribution is -0.121. The van der Waals surface area contributed by atoms with E-state index in [2.05, 4.69) is 17.6 Å². The Morgan fingerprint density at radius 1 is 1.18 bits per heavy atom. The number of carboxylic acids is 1. The smallest absolute Gasteiger partial charge is 0.335 e. The summed E-state index contributed by atoms with van der Waals surface area (Å²) in [5, 5.41) is 19.0. The van der Waals surface area contributed by atoms with E-state index in [0.717, 1.165) is 16.7 Å². The highest BCUT2D eigenvalue weighted by atomic mass is 32.2. The average Bonchev–Trinajstić information content (AvgIpc) is 3.20. The van der Waals surface area contributed by atoms with E-state index >= 15 is 0 Å². The summed E-state index contributed by atoms with van der Waals surface area (Å²) in [5.74, 6) is -0.191. The van der Waals surface area contributed by atoms with Gasteiger partial charge in [-0.3, -0.25) is 9.69 Å². The van der Waals surface area contributed by atoms with Crippen molar-refractivity contribution in [3.63, 3.8) is 0 Å². The maximum Gasteiger partial charge on any atom is 0.335 e. The lowest BCUT2D eigenvalue weighted by atomic mass is 10.0. The normalized spacial score (nSPS) is 14.9. The monoisotopic (exact) mass is 539 g/mol. The van der Waals surface area contributed by atoms with Crippen LogP contribution < -0.4 is 9.47 Å². The number of nitrogens with zero attached hydrogens (tertiary/aromatic N) is 3. The van der Waals surface area contributed by atoms with Crippen molar-refractivity contribution in [2.24, 2.45) is 4.99 Å². The fraction of sp³-hybridized carbons (Fsp3) is 0.133. The van der Waals surface area contributed by atoms with E-state index in [-0.39, 0.29) is 18.1 Å². The number of carboxylic acid groups (broad SMARTS) is 1. The van der Waals surface area contributed by atoms with Gasteiger partial charge < -0.3 is 14.6 Å². The molecular formula is C30H25N3O5S. The van der Waals surface area contributed by atoms with Crippen molar-refractivity contribution in [3.05, 3.63) is 106 Å². The Morgan fingerprint density at radius 2 is 1.92 bits per heavy atom. The molecule has 1 aliphatic rings. The van der Waals surface area contributed by atoms with Crippen LogP contribution in [0.2, 0.25) is 0 Å². The van der Waals surface area contributed by atoms with Crippen LogP contribution in [-0.4, -0.2) is 41.2 Å². The van der Waals surface area contributed by atoms with Gasteiger partial charge in [0, 0.05) is 18.2 Å². The molecule has 0 unspecified atom stereocenters. The van der Waals surface area contributed by atoms with Crippen LogP contribution in [0.4, 0.5) is 5.69 Å². The Morgan fingerprint density at radius 3 is 2.59 bits per heavy atom. The predicted molar refractivity (Wildman–Crippen MR) is 151 cm³/mol. The Hall–Kier alpha value is -4.81. The van der Waals surface area contributed by atoms with Crippen LogP contribution in [0.15, 0.2) is 83.2 Å². The largest absolute Gasteiger partial charge is 0.493 e. The van der Waals surface area contributed by atoms with Gasteiger partial charge in [-0.2, -0.15) is 5.26 Å². The summed E-state index contributed by atoms with van der Waals surface area (Å²) < 4.78 is 11.8. The fourth-order valence-electron chi connectivity index (χ4n) is 3.89. The first-order valence-corrected chi connectivity index (χ1v) is 12.7. The molecule has 196 valence electrons. The number of allylic oxidation sites excluding steroid dienone is 1. The molecule has 0 aromatic heterocycles. The number of thioether (sulfide) groups is 1. The lowest BCUT2D eigenvalue weighted by Crippen LogP contribution is -2.23. The minimum atomic E-state index is -1.02. The van der Waals surface area contributed by atoms with E-state index in [1.165, 1.54) is 28.8 Å². The number of benzene rings is 3. The number of methoxy groups -OCH3 is 1. The van der Waals surface area contributed by atoms with Crippen molar-refractivity contribution >= 4 is 40.6 Å². The molecule has 1 saturated heterocycles. The number of carbonyl (C=O) groups is 2. The molecule has 1 heterocycles. The standard InChI is InChI=1S/C30H25N3O5S/c1-4-7-21-14-19(15-25(37-3)27(21)38-18-23-9-6-5-8-22(23)17-31)16-26-28(34)33(2)30(39-26)32-24-12-10-20(11-13-24)29(35)36/h4-6,8-16H,1,7,18H2,2-3H3,(H,35,36)/b26-16-,32-30?. The van der Waals surface area contributed by atoms with Crippen molar-refractivity contribution in [2.45, 2.75) is 13.0 Å². The number of aliphatic imine (C=N–C) groups is 1. The second-order valence-electron chi connectivity index (χ2n) is 8.48. The number of carbonyl (C=O) groups excluding carboxylic acids is 1. The maximum absolute atomic E-state index is 13.0. The summed E-state index contributed by atoms with van der Waals surface area (Å²) in [6, 6.07) is 19.2. The van der Waals surface area contributed by atoms with E-state index in [9.17, 15) is 14.9 Å². The molecule has 1 N–H and O–H groups in total. The quantitative estimate of drug-likeness (QED) is 0.270. The van der Waals surface area contributed by atoms with Gasteiger partial charge >= 0.3 is 5.97 Å². The van der Waals surface area contributed by atoms with Gasteiger partial charge in [-0.05, 0) is 72.3 Å². The van der Waals surface area contributed by atoms with Crippen LogP contribution in [0.1, 0.15) is 32.6 Å². The van der Waals surface area contributed by atoms with Crippen LogP contribution >= 0.6 is 11.8 Å². The first-order valence-electron chi connectivity index (χ1n) is 11.9. The molecule has 4 rings (SSSR count). The number of likely N-dealkylation sites (N-methyl/N-ethyl adjacent to an activating group) is 1. The van der Waals surface area contributed by atoms with Gasteiger partial charge in [0.15, 0.2) is 16.7 Å². The van der Waals surface area contributed by atoms with Gasteiger partial charge in [0.05, 0.1) is 34.9 Å². The number of hydrogen-bond donors (Lipinski definition) is 1. The van der Waals surface area contributed by atoms with E-state index in [0.29, 0.717) is 39.2 Å². The van der Waals surface area contributed by atoms with Gasteiger partial charge in [-0.15, -0.1) is 6.58 Å². The molecule has 1 aliphatic heterocycles. The van der Waals surface area contributed by atoms with Crippen molar-refractivity contribution in [1.29, 1.82) is 5.26 Å². The summed E-state index contributed by atoms with van der Waals surface area (Å²) in [4.78, 5) is 30.5. The van der Waals surface area contributed by atoms with Crippen molar-refractivity contribution < 1.29 is 24.2 Å². The van der Waals surface area contributed by atoms with Crippen LogP contribution in [0.3, 0.4) is 0 Å². The van der Waals surface area contributed by atoms with E-state index in [1.807, 2.05) is 18.2 Å². The molecule has 0 atom stereocenters. The highest BCUT2D eigenvalue weighted by Gasteiger charge is 2.30. The van der Waals surface area contributed by atoms with Gasteiger partial charge in [0.2, 0.25) is 0 Å². The summed E-state index contributed by atoms with van der Waals surface area (Å²) in [6.07, 6.45) is 4.03. The number of nitriles is 1. The fourth-order valence-corrected chi connectivity index (χ4v) is 4.87. The van der Waals surface area contributed by atoms with Crippen LogP contribution in [0.5, 0.6) is 11.5 Å². The SMILES string of the molecule is C=CCc1cc(/C=C2\SC(=Nc3ccc(C(=O)O)cc3)N(C)C2=O)cc(OC)c1OCc1ccccc1C#N. The zero-order valence-corrected chi connectivity index (χ0v) is 22.2. The first kappa shape index (κ1) is 27.2. The van der Waals surface area contributed by atoms with Gasteiger partial charge in [-0.25, -0.2) is 9.79 Å². The molecule has 0 aliphatic carbocycles. The molecule has 0 spiro atoms. The molecule has 1 amide bonds. The van der Waals surface area contributed by atoms with Crippen molar-refractivity contribution in [1.82, 2.24) is 4.90 Å². The van der Waals surface area contributed by atoms with Crippen LogP contribution in [0, 0.1) is 11.3 Å².